The second-order valence-corrected chi connectivity index (χ2v) is 6.26. The molecule has 21 heavy (non-hydrogen) atoms. The molecule has 0 saturated carbocycles. The lowest BCUT2D eigenvalue weighted by molar-refractivity contribution is -0.143. The molecule has 0 fully saturated rings. The van der Waals surface area contributed by atoms with E-state index in [1.807, 2.05) is 0 Å². The molecule has 1 aromatic carbocycles. The number of hydrogen-bond acceptors (Lipinski definition) is 5. The summed E-state index contributed by atoms with van der Waals surface area (Å²) in [6, 6.07) is 5.05. The zero-order chi connectivity index (χ0) is 16.0. The van der Waals surface area contributed by atoms with Crippen molar-refractivity contribution in [3.05, 3.63) is 29.8 Å². The molecule has 0 bridgehead atoms. The Labute approximate surface area is 123 Å². The van der Waals surface area contributed by atoms with Gasteiger partial charge in [0, 0.05) is 13.6 Å². The monoisotopic (exact) mass is 315 g/mol. The molecule has 0 aliphatic rings. The molecule has 0 atom stereocenters. The zero-order valence-electron chi connectivity index (χ0n) is 11.8. The normalized spacial score (nSPS) is 11.4. The number of sulfonamides is 1. The smallest absolute Gasteiger partial charge is 0.335 e. The molecule has 7 nitrogen and oxygen atoms in total. The third-order valence-electron chi connectivity index (χ3n) is 2.73. The van der Waals surface area contributed by atoms with E-state index in [0.29, 0.717) is 0 Å². The Hall–Kier alpha value is -1.93. The molecule has 0 amide bonds. The van der Waals surface area contributed by atoms with Gasteiger partial charge in [-0.05, 0) is 25.1 Å². The summed E-state index contributed by atoms with van der Waals surface area (Å²) >= 11 is 0. The minimum Gasteiger partial charge on any atom is -0.478 e. The van der Waals surface area contributed by atoms with E-state index in [4.69, 9.17) is 9.84 Å². The van der Waals surface area contributed by atoms with Gasteiger partial charge in [-0.3, -0.25) is 4.79 Å². The number of rotatable bonds is 7. The number of nitrogens with zero attached hydrogens (tertiary/aromatic N) is 1. The highest BCUT2D eigenvalue weighted by atomic mass is 32.2. The number of aromatic carboxylic acids is 1. The summed E-state index contributed by atoms with van der Waals surface area (Å²) in [7, 11) is -2.52. The van der Waals surface area contributed by atoms with E-state index in [1.54, 1.807) is 6.92 Å². The molecule has 8 heteroatoms. The van der Waals surface area contributed by atoms with Crippen LogP contribution in [0, 0.1) is 0 Å². The van der Waals surface area contributed by atoms with Gasteiger partial charge in [0.15, 0.2) is 0 Å². The average Bonchev–Trinajstić information content (AvgIpc) is 2.45. The average molecular weight is 315 g/mol. The van der Waals surface area contributed by atoms with Gasteiger partial charge in [0.2, 0.25) is 10.0 Å². The molecule has 0 radical (unpaired) electrons. The predicted octanol–water partition coefficient (Wildman–Crippen LogP) is 0.959. The first-order chi connectivity index (χ1) is 9.78. The van der Waals surface area contributed by atoms with E-state index < -0.39 is 22.0 Å². The number of ether oxygens (including phenoxy) is 1. The molecule has 0 saturated heterocycles. The molecule has 0 aromatic heterocycles. The van der Waals surface area contributed by atoms with Gasteiger partial charge in [0.25, 0.3) is 0 Å². The maximum atomic E-state index is 12.3. The highest BCUT2D eigenvalue weighted by Gasteiger charge is 2.22. The summed E-state index contributed by atoms with van der Waals surface area (Å²) in [5.74, 6) is -1.69. The maximum Gasteiger partial charge on any atom is 0.335 e. The summed E-state index contributed by atoms with van der Waals surface area (Å²) in [4.78, 5) is 22.0. The maximum absolute atomic E-state index is 12.3. The first-order valence-corrected chi connectivity index (χ1v) is 7.68. The van der Waals surface area contributed by atoms with Crippen LogP contribution in [0.3, 0.4) is 0 Å². The Bertz CT molecular complexity index is 625. The van der Waals surface area contributed by atoms with Crippen LogP contribution in [0.4, 0.5) is 0 Å². The molecule has 1 rings (SSSR count). The fourth-order valence-corrected chi connectivity index (χ4v) is 2.79. The third-order valence-corrected chi connectivity index (χ3v) is 4.58. The van der Waals surface area contributed by atoms with Crippen molar-refractivity contribution in [2.45, 2.75) is 18.2 Å². The van der Waals surface area contributed by atoms with E-state index in [-0.39, 0.29) is 30.0 Å². The van der Waals surface area contributed by atoms with Crippen molar-refractivity contribution in [3.63, 3.8) is 0 Å². The van der Waals surface area contributed by atoms with E-state index in [0.717, 1.165) is 10.4 Å². The van der Waals surface area contributed by atoms with Crippen molar-refractivity contribution in [1.82, 2.24) is 4.31 Å². The van der Waals surface area contributed by atoms with E-state index in [1.165, 1.54) is 25.2 Å². The van der Waals surface area contributed by atoms with Crippen molar-refractivity contribution in [1.29, 1.82) is 0 Å². The summed E-state index contributed by atoms with van der Waals surface area (Å²) in [5.41, 5.74) is -0.116. The highest BCUT2D eigenvalue weighted by molar-refractivity contribution is 7.89. The number of esters is 1. The largest absolute Gasteiger partial charge is 0.478 e. The lowest BCUT2D eigenvalue weighted by atomic mass is 10.2. The molecule has 116 valence electrons. The van der Waals surface area contributed by atoms with Crippen LogP contribution in [0.2, 0.25) is 0 Å². The molecule has 1 aromatic rings. The van der Waals surface area contributed by atoms with Gasteiger partial charge >= 0.3 is 11.9 Å². The quantitative estimate of drug-likeness (QED) is 0.752. The number of benzene rings is 1. The third kappa shape index (κ3) is 4.54. The van der Waals surface area contributed by atoms with E-state index in [9.17, 15) is 18.0 Å². The molecule has 0 heterocycles. The van der Waals surface area contributed by atoms with Gasteiger partial charge in [-0.25, -0.2) is 17.5 Å². The Morgan fingerprint density at radius 1 is 1.33 bits per heavy atom. The number of carbonyl (C=O) groups is 2. The van der Waals surface area contributed by atoms with Crippen molar-refractivity contribution in [2.24, 2.45) is 0 Å². The van der Waals surface area contributed by atoms with Crippen LogP contribution in [-0.4, -0.2) is 50.0 Å². The fraction of sp³-hybridized carbons (Fsp3) is 0.385. The van der Waals surface area contributed by atoms with Gasteiger partial charge < -0.3 is 9.84 Å². The Balaban J connectivity index is 2.87. The summed E-state index contributed by atoms with van der Waals surface area (Å²) < 4.78 is 30.2. The Morgan fingerprint density at radius 2 is 2.00 bits per heavy atom. The number of carboxylic acid groups (broad SMARTS) is 1. The minimum atomic E-state index is -3.84. The second-order valence-electron chi connectivity index (χ2n) is 4.21. The van der Waals surface area contributed by atoms with Gasteiger partial charge in [-0.1, -0.05) is 6.07 Å². The first-order valence-electron chi connectivity index (χ1n) is 6.24. The van der Waals surface area contributed by atoms with E-state index >= 15 is 0 Å². The molecular weight excluding hydrogens is 298 g/mol. The number of carboxylic acids is 1. The van der Waals surface area contributed by atoms with Crippen LogP contribution in [-0.2, 0) is 19.6 Å². The summed E-state index contributed by atoms with van der Waals surface area (Å²) in [6.07, 6.45) is -0.0673. The lowest BCUT2D eigenvalue weighted by Crippen LogP contribution is -2.29. The van der Waals surface area contributed by atoms with Crippen molar-refractivity contribution >= 4 is 22.0 Å². The van der Waals surface area contributed by atoms with Gasteiger partial charge in [-0.15, -0.1) is 0 Å². The number of carbonyl (C=O) groups excluding carboxylic acids is 1. The molecule has 1 N–H and O–H groups in total. The fourth-order valence-electron chi connectivity index (χ4n) is 1.57. The SMILES string of the molecule is CCOC(=O)CCN(C)S(=O)(=O)c1cccc(C(=O)O)c1. The molecule has 0 unspecified atom stereocenters. The minimum absolute atomic E-state index is 0.0432. The van der Waals surface area contributed by atoms with Crippen LogP contribution in [0.5, 0.6) is 0 Å². The van der Waals surface area contributed by atoms with Crippen LogP contribution in [0.15, 0.2) is 29.2 Å². The van der Waals surface area contributed by atoms with Crippen LogP contribution < -0.4 is 0 Å². The molecule has 0 aliphatic heterocycles. The van der Waals surface area contributed by atoms with Gasteiger partial charge in [0.05, 0.1) is 23.5 Å². The van der Waals surface area contributed by atoms with Crippen molar-refractivity contribution in [3.8, 4) is 0 Å². The van der Waals surface area contributed by atoms with Crippen molar-refractivity contribution in [2.75, 3.05) is 20.2 Å². The van der Waals surface area contributed by atoms with Crippen LogP contribution >= 0.6 is 0 Å². The van der Waals surface area contributed by atoms with Crippen LogP contribution in [0.1, 0.15) is 23.7 Å². The molecule has 0 aliphatic carbocycles. The Morgan fingerprint density at radius 3 is 2.57 bits per heavy atom. The molecule has 0 spiro atoms. The van der Waals surface area contributed by atoms with Crippen LogP contribution in [0.25, 0.3) is 0 Å². The standard InChI is InChI=1S/C13H17NO6S/c1-3-20-12(15)7-8-14(2)21(18,19)11-6-4-5-10(9-11)13(16)17/h4-6,9H,3,7-8H2,1-2H3,(H,16,17). The topological polar surface area (TPSA) is 101 Å². The zero-order valence-corrected chi connectivity index (χ0v) is 12.6. The Kier molecular flexibility index (Phi) is 5.86. The highest BCUT2D eigenvalue weighted by Crippen LogP contribution is 2.16. The van der Waals surface area contributed by atoms with Gasteiger partial charge in [-0.2, -0.15) is 0 Å². The summed E-state index contributed by atoms with van der Waals surface area (Å²) in [6.45, 7) is 1.85. The first kappa shape index (κ1) is 17.1. The summed E-state index contributed by atoms with van der Waals surface area (Å²) in [5, 5.41) is 8.88. The number of hydrogen-bond donors (Lipinski definition) is 1. The lowest BCUT2D eigenvalue weighted by Gasteiger charge is -2.16. The second kappa shape index (κ2) is 7.19. The predicted molar refractivity (Wildman–Crippen MR) is 74.5 cm³/mol. The molecular formula is C13H17NO6S. The van der Waals surface area contributed by atoms with Gasteiger partial charge in [0.1, 0.15) is 0 Å². The van der Waals surface area contributed by atoms with E-state index in [2.05, 4.69) is 0 Å². The van der Waals surface area contributed by atoms with Crippen molar-refractivity contribution < 1.29 is 27.9 Å².